The molecular weight excluding hydrogens is 501 g/mol. The topological polar surface area (TPSA) is 91.3 Å². The largest absolute Gasteiger partial charge is 0.508 e. The number of benzene rings is 2. The number of anilines is 2. The van der Waals surface area contributed by atoms with Gasteiger partial charge < -0.3 is 29.3 Å². The van der Waals surface area contributed by atoms with E-state index >= 15 is 0 Å². The number of amides is 1. The number of carbonyl (C=O) groups is 1. The van der Waals surface area contributed by atoms with Crippen LogP contribution >= 0.6 is 0 Å². The highest BCUT2D eigenvalue weighted by atomic mass is 19.1. The first-order valence-corrected chi connectivity index (χ1v) is 13.8. The van der Waals surface area contributed by atoms with Crippen LogP contribution in [0.3, 0.4) is 0 Å². The van der Waals surface area contributed by atoms with Crippen LogP contribution in [0.1, 0.15) is 47.8 Å². The molecule has 1 amide bonds. The van der Waals surface area contributed by atoms with Gasteiger partial charge in [-0.1, -0.05) is 13.0 Å². The number of rotatable bonds is 6. The van der Waals surface area contributed by atoms with E-state index in [-0.39, 0.29) is 30.0 Å². The van der Waals surface area contributed by atoms with Crippen LogP contribution in [0.2, 0.25) is 0 Å². The molecule has 0 spiro atoms. The molecule has 4 heterocycles. The molecule has 3 aliphatic heterocycles. The fraction of sp³-hybridized carbons (Fsp3) is 0.483. The second kappa shape index (κ2) is 10.6. The molecule has 0 saturated carbocycles. The normalized spacial score (nSPS) is 20.1. The quantitative estimate of drug-likeness (QED) is 0.508. The second-order valence-corrected chi connectivity index (χ2v) is 10.5. The average molecular weight is 536 g/mol. The van der Waals surface area contributed by atoms with Gasteiger partial charge in [0.2, 0.25) is 0 Å². The molecular formula is C29H34FN5O4. The van der Waals surface area contributed by atoms with Crippen molar-refractivity contribution in [1.29, 1.82) is 0 Å². The minimum absolute atomic E-state index is 0.00981. The van der Waals surface area contributed by atoms with E-state index in [0.29, 0.717) is 84.5 Å². The molecule has 2 fully saturated rings. The summed E-state index contributed by atoms with van der Waals surface area (Å²) in [5.74, 6) is -0.0566. The average Bonchev–Trinajstić information content (AvgIpc) is 3.36. The lowest BCUT2D eigenvalue weighted by molar-refractivity contribution is 0.0997. The molecule has 1 N–H and O–H groups in total. The third-order valence-electron chi connectivity index (χ3n) is 8.09. The molecule has 206 valence electrons. The maximum Gasteiger partial charge on any atom is 0.318 e. The highest BCUT2D eigenvalue weighted by Crippen LogP contribution is 2.41. The Hall–Kier alpha value is -3.50. The van der Waals surface area contributed by atoms with E-state index in [1.807, 2.05) is 6.92 Å². The third-order valence-corrected chi connectivity index (χ3v) is 8.09. The van der Waals surface area contributed by atoms with E-state index in [4.69, 9.17) is 19.4 Å². The van der Waals surface area contributed by atoms with Gasteiger partial charge >= 0.3 is 6.01 Å². The zero-order chi connectivity index (χ0) is 27.1. The molecule has 0 bridgehead atoms. The molecule has 1 aromatic heterocycles. The van der Waals surface area contributed by atoms with E-state index in [1.165, 1.54) is 12.1 Å². The Morgan fingerprint density at radius 3 is 2.82 bits per heavy atom. The van der Waals surface area contributed by atoms with Crippen molar-refractivity contribution in [3.8, 4) is 11.8 Å². The van der Waals surface area contributed by atoms with E-state index in [0.717, 1.165) is 25.8 Å². The molecule has 0 radical (unpaired) electrons. The van der Waals surface area contributed by atoms with Gasteiger partial charge in [-0.2, -0.15) is 9.97 Å². The van der Waals surface area contributed by atoms with Crippen molar-refractivity contribution in [3.63, 3.8) is 0 Å². The summed E-state index contributed by atoms with van der Waals surface area (Å²) in [7, 11) is 2.09. The zero-order valence-electron chi connectivity index (χ0n) is 22.5. The van der Waals surface area contributed by atoms with Crippen LogP contribution in [0.5, 0.6) is 11.8 Å². The van der Waals surface area contributed by atoms with Crippen LogP contribution in [0, 0.1) is 5.82 Å². The molecule has 1 atom stereocenters. The van der Waals surface area contributed by atoms with Crippen LogP contribution < -0.4 is 14.5 Å². The van der Waals surface area contributed by atoms with E-state index in [2.05, 4.69) is 16.8 Å². The number of halogens is 1. The highest BCUT2D eigenvalue weighted by molar-refractivity contribution is 6.16. The molecule has 0 unspecified atom stereocenters. The number of hydrogen-bond donors (Lipinski definition) is 1. The predicted molar refractivity (Wildman–Crippen MR) is 146 cm³/mol. The van der Waals surface area contributed by atoms with Gasteiger partial charge in [-0.15, -0.1) is 0 Å². The van der Waals surface area contributed by atoms with Gasteiger partial charge in [0.15, 0.2) is 0 Å². The van der Waals surface area contributed by atoms with E-state index in [1.54, 1.807) is 17.0 Å². The van der Waals surface area contributed by atoms with Crippen molar-refractivity contribution in [2.24, 2.45) is 0 Å². The number of aromatic hydroxyl groups is 1. The summed E-state index contributed by atoms with van der Waals surface area (Å²) in [6.45, 7) is 6.06. The molecule has 3 aromatic rings. The third kappa shape index (κ3) is 4.76. The van der Waals surface area contributed by atoms with Gasteiger partial charge in [0.05, 0.1) is 24.5 Å². The summed E-state index contributed by atoms with van der Waals surface area (Å²) in [5.41, 5.74) is 1.96. The summed E-state index contributed by atoms with van der Waals surface area (Å²) in [6.07, 6.45) is 3.46. The Balaban J connectivity index is 1.42. The number of likely N-dealkylation sites (tertiary alicyclic amines) is 1. The zero-order valence-corrected chi connectivity index (χ0v) is 22.5. The maximum absolute atomic E-state index is 14.9. The number of ether oxygens (including phenoxy) is 2. The summed E-state index contributed by atoms with van der Waals surface area (Å²) >= 11 is 0. The minimum Gasteiger partial charge on any atom is -0.508 e. The second-order valence-electron chi connectivity index (χ2n) is 10.5. The van der Waals surface area contributed by atoms with E-state index in [9.17, 15) is 14.3 Å². The summed E-state index contributed by atoms with van der Waals surface area (Å²) in [6, 6.07) is 6.72. The Bertz CT molecular complexity index is 1410. The lowest BCUT2D eigenvalue weighted by atomic mass is 9.99. The molecule has 10 heteroatoms. The van der Waals surface area contributed by atoms with E-state index < -0.39 is 0 Å². The highest BCUT2D eigenvalue weighted by Gasteiger charge is 2.37. The SMILES string of the molecule is CCc1c(F)ccc2cc(O)cc(N3Cc4nc(OC[C@@H]5CCCN5C)nc(N5CCCOCC5)c4C3=O)c12. The Morgan fingerprint density at radius 2 is 2.03 bits per heavy atom. The minimum atomic E-state index is -0.335. The van der Waals surface area contributed by atoms with Gasteiger partial charge in [-0.25, -0.2) is 4.39 Å². The van der Waals surface area contributed by atoms with Crippen molar-refractivity contribution < 1.29 is 23.8 Å². The van der Waals surface area contributed by atoms with Gasteiger partial charge in [0, 0.05) is 37.2 Å². The first kappa shape index (κ1) is 25.8. The number of phenolic OH excluding ortho intramolecular Hbond substituents is 1. The monoisotopic (exact) mass is 535 g/mol. The number of nitrogens with zero attached hydrogens (tertiary/aromatic N) is 5. The molecule has 2 saturated heterocycles. The Morgan fingerprint density at radius 1 is 1.15 bits per heavy atom. The standard InChI is InChI=1S/C29H34FN5O4/c1-3-21-22(30)8-7-18-14-20(36)15-24(25(18)21)35-16-23-26(28(35)37)27(34-10-5-12-38-13-11-34)32-29(31-23)39-17-19-6-4-9-33(19)2/h7-8,14-15,19,36H,3-6,9-13,16-17H2,1-2H3/t19-/m0/s1. The smallest absolute Gasteiger partial charge is 0.318 e. The van der Waals surface area contributed by atoms with Crippen molar-refractivity contribution in [3.05, 3.63) is 46.9 Å². The summed E-state index contributed by atoms with van der Waals surface area (Å²) < 4.78 is 26.6. The fourth-order valence-corrected chi connectivity index (χ4v) is 6.00. The lowest BCUT2D eigenvalue weighted by Crippen LogP contribution is -2.32. The number of phenols is 1. The van der Waals surface area contributed by atoms with Crippen LogP contribution in [-0.4, -0.2) is 78.4 Å². The molecule has 6 rings (SSSR count). The first-order valence-electron chi connectivity index (χ1n) is 13.8. The van der Waals surface area contributed by atoms with Crippen LogP contribution in [0.25, 0.3) is 10.8 Å². The van der Waals surface area contributed by atoms with Gasteiger partial charge in [-0.05, 0) is 62.4 Å². The molecule has 0 aliphatic carbocycles. The lowest BCUT2D eigenvalue weighted by Gasteiger charge is -2.24. The van der Waals surface area contributed by atoms with Crippen molar-refractivity contribution >= 4 is 28.2 Å². The van der Waals surface area contributed by atoms with Gasteiger partial charge in [0.1, 0.15) is 29.6 Å². The van der Waals surface area contributed by atoms with Gasteiger partial charge in [-0.3, -0.25) is 4.79 Å². The van der Waals surface area contributed by atoms with Crippen molar-refractivity contribution in [2.75, 3.05) is 56.3 Å². The first-order chi connectivity index (χ1) is 18.9. The number of likely N-dealkylation sites (N-methyl/N-ethyl adjacent to an activating group) is 1. The fourth-order valence-electron chi connectivity index (χ4n) is 6.00. The number of aromatic nitrogens is 2. The van der Waals surface area contributed by atoms with Crippen LogP contribution in [0.4, 0.5) is 15.9 Å². The molecule has 2 aromatic carbocycles. The number of carbonyl (C=O) groups excluding carboxylic acids is 1. The molecule has 3 aliphatic rings. The molecule has 9 nitrogen and oxygen atoms in total. The maximum atomic E-state index is 14.9. The Labute approximate surface area is 227 Å². The predicted octanol–water partition coefficient (Wildman–Crippen LogP) is 3.90. The Kier molecular flexibility index (Phi) is 6.99. The van der Waals surface area contributed by atoms with Crippen LogP contribution in [0.15, 0.2) is 24.3 Å². The number of hydrogen-bond acceptors (Lipinski definition) is 8. The molecule has 39 heavy (non-hydrogen) atoms. The van der Waals surface area contributed by atoms with Crippen molar-refractivity contribution in [2.45, 2.75) is 45.2 Å². The van der Waals surface area contributed by atoms with Crippen LogP contribution in [-0.2, 0) is 17.7 Å². The number of aryl methyl sites for hydroxylation is 1. The summed E-state index contributed by atoms with van der Waals surface area (Å²) in [5, 5.41) is 11.8. The van der Waals surface area contributed by atoms with Crippen molar-refractivity contribution in [1.82, 2.24) is 14.9 Å². The van der Waals surface area contributed by atoms with Gasteiger partial charge in [0.25, 0.3) is 5.91 Å². The summed E-state index contributed by atoms with van der Waals surface area (Å²) in [4.78, 5) is 29.5. The number of fused-ring (bicyclic) bond motifs is 2.